The first kappa shape index (κ1) is 21.7. The molecular formula is C27H31N3O3. The van der Waals surface area contributed by atoms with Gasteiger partial charge in [-0.1, -0.05) is 30.3 Å². The molecule has 0 amide bonds. The van der Waals surface area contributed by atoms with E-state index < -0.39 is 6.10 Å². The fraction of sp³-hybridized carbons (Fsp3) is 0.370. The summed E-state index contributed by atoms with van der Waals surface area (Å²) in [6, 6.07) is 20.2. The fourth-order valence-corrected chi connectivity index (χ4v) is 4.94. The van der Waals surface area contributed by atoms with Crippen LogP contribution in [0.5, 0.6) is 5.75 Å². The molecule has 0 aliphatic carbocycles. The Kier molecular flexibility index (Phi) is 5.96. The summed E-state index contributed by atoms with van der Waals surface area (Å²) in [6.45, 7) is 6.35. The van der Waals surface area contributed by atoms with Crippen LogP contribution >= 0.6 is 0 Å². The summed E-state index contributed by atoms with van der Waals surface area (Å²) in [5, 5.41) is 13.1. The molecule has 172 valence electrons. The number of nitrogens with one attached hydrogen (secondary N) is 1. The normalized spacial score (nSPS) is 16.6. The summed E-state index contributed by atoms with van der Waals surface area (Å²) in [4.78, 5) is 17.8. The second-order valence-corrected chi connectivity index (χ2v) is 9.30. The maximum absolute atomic E-state index is 12.5. The number of fused-ring (bicyclic) bond motifs is 2. The molecule has 1 aliphatic heterocycles. The van der Waals surface area contributed by atoms with E-state index in [0.29, 0.717) is 6.54 Å². The lowest BCUT2D eigenvalue weighted by atomic mass is 10.0. The lowest BCUT2D eigenvalue weighted by Gasteiger charge is -2.33. The summed E-state index contributed by atoms with van der Waals surface area (Å²) in [6.07, 6.45) is 1.38. The van der Waals surface area contributed by atoms with E-state index in [4.69, 9.17) is 4.74 Å². The molecule has 6 heteroatoms. The van der Waals surface area contributed by atoms with Gasteiger partial charge in [-0.3, -0.25) is 4.57 Å². The van der Waals surface area contributed by atoms with E-state index in [0.717, 1.165) is 59.0 Å². The van der Waals surface area contributed by atoms with Crippen molar-refractivity contribution in [1.29, 1.82) is 0 Å². The highest BCUT2D eigenvalue weighted by Crippen LogP contribution is 2.28. The number of hydrogen-bond acceptors (Lipinski definition) is 4. The van der Waals surface area contributed by atoms with Crippen molar-refractivity contribution in [3.63, 3.8) is 0 Å². The molecule has 0 radical (unpaired) electrons. The lowest BCUT2D eigenvalue weighted by molar-refractivity contribution is 0.0907. The first-order valence-electron chi connectivity index (χ1n) is 11.8. The molecule has 3 aromatic carbocycles. The summed E-state index contributed by atoms with van der Waals surface area (Å²) >= 11 is 0. The summed E-state index contributed by atoms with van der Waals surface area (Å²) in [7, 11) is 0. The van der Waals surface area contributed by atoms with Crippen molar-refractivity contribution in [1.82, 2.24) is 14.5 Å². The lowest BCUT2D eigenvalue weighted by Crippen LogP contribution is -2.39. The second kappa shape index (κ2) is 9.04. The van der Waals surface area contributed by atoms with Gasteiger partial charge in [0.15, 0.2) is 0 Å². The average Bonchev–Trinajstić information content (AvgIpc) is 3.14. The third-order valence-corrected chi connectivity index (χ3v) is 6.57. The number of rotatable bonds is 6. The number of likely N-dealkylation sites (tertiary alicyclic amines) is 1. The van der Waals surface area contributed by atoms with Gasteiger partial charge in [0.25, 0.3) is 0 Å². The van der Waals surface area contributed by atoms with E-state index in [1.165, 1.54) is 0 Å². The molecule has 1 atom stereocenters. The minimum absolute atomic E-state index is 0.0344. The molecule has 4 aromatic rings. The van der Waals surface area contributed by atoms with E-state index >= 15 is 0 Å². The van der Waals surface area contributed by atoms with Gasteiger partial charge < -0.3 is 19.7 Å². The highest BCUT2D eigenvalue weighted by molar-refractivity contribution is 5.84. The largest absolute Gasteiger partial charge is 0.491 e. The van der Waals surface area contributed by atoms with Gasteiger partial charge in [0, 0.05) is 25.7 Å². The van der Waals surface area contributed by atoms with Gasteiger partial charge in [-0.15, -0.1) is 0 Å². The van der Waals surface area contributed by atoms with Crippen LogP contribution in [0.3, 0.4) is 0 Å². The minimum atomic E-state index is -0.548. The molecule has 2 N–H and O–H groups in total. The molecular weight excluding hydrogens is 414 g/mol. The van der Waals surface area contributed by atoms with Crippen LogP contribution in [-0.2, 0) is 0 Å². The van der Waals surface area contributed by atoms with Crippen LogP contribution < -0.4 is 10.4 Å². The molecule has 6 nitrogen and oxygen atoms in total. The zero-order valence-electron chi connectivity index (χ0n) is 19.2. The number of β-amino-alcohol motifs (C(OH)–C–C–N with tert-alkyl or cyclic N) is 1. The smallest absolute Gasteiger partial charge is 0.326 e. The predicted octanol–water partition coefficient (Wildman–Crippen LogP) is 4.64. The number of hydrogen-bond donors (Lipinski definition) is 2. The van der Waals surface area contributed by atoms with E-state index in [1.54, 1.807) is 0 Å². The van der Waals surface area contributed by atoms with Gasteiger partial charge in [-0.2, -0.15) is 0 Å². The Bertz CT molecular complexity index is 1320. The Morgan fingerprint density at radius 2 is 1.76 bits per heavy atom. The number of para-hydroxylation sites is 2. The third-order valence-electron chi connectivity index (χ3n) is 6.57. The molecule has 0 saturated carbocycles. The zero-order valence-corrected chi connectivity index (χ0v) is 19.2. The van der Waals surface area contributed by atoms with Crippen molar-refractivity contribution >= 4 is 21.8 Å². The van der Waals surface area contributed by atoms with Crippen LogP contribution in [-0.4, -0.2) is 45.3 Å². The van der Waals surface area contributed by atoms with Crippen LogP contribution in [0, 0.1) is 0 Å². The SMILES string of the molecule is CC(C)Oc1ccc2cc(C(O)CN3CCC(n4c(=O)[nH]c5ccccc54)CC3)ccc2c1. The highest BCUT2D eigenvalue weighted by Gasteiger charge is 2.25. The minimum Gasteiger partial charge on any atom is -0.491 e. The molecule has 1 fully saturated rings. The highest BCUT2D eigenvalue weighted by atomic mass is 16.5. The number of aliphatic hydroxyl groups is 1. The second-order valence-electron chi connectivity index (χ2n) is 9.30. The van der Waals surface area contributed by atoms with Gasteiger partial charge in [-0.05, 0) is 73.4 Å². The molecule has 1 aliphatic rings. The van der Waals surface area contributed by atoms with E-state index in [1.807, 2.05) is 66.9 Å². The zero-order chi connectivity index (χ0) is 22.9. The molecule has 1 saturated heterocycles. The van der Waals surface area contributed by atoms with Crippen LogP contribution in [0.15, 0.2) is 65.5 Å². The number of H-pyrrole nitrogens is 1. The Labute approximate surface area is 193 Å². The molecule has 33 heavy (non-hydrogen) atoms. The molecule has 0 spiro atoms. The number of ether oxygens (including phenoxy) is 1. The Morgan fingerprint density at radius 1 is 1.03 bits per heavy atom. The van der Waals surface area contributed by atoms with Crippen molar-refractivity contribution in [2.75, 3.05) is 19.6 Å². The van der Waals surface area contributed by atoms with Gasteiger partial charge in [0.2, 0.25) is 0 Å². The Hall–Kier alpha value is -3.09. The first-order chi connectivity index (χ1) is 16.0. The van der Waals surface area contributed by atoms with E-state index in [9.17, 15) is 9.90 Å². The number of benzene rings is 3. The van der Waals surface area contributed by atoms with E-state index in [2.05, 4.69) is 22.0 Å². The topological polar surface area (TPSA) is 70.5 Å². The van der Waals surface area contributed by atoms with Gasteiger partial charge >= 0.3 is 5.69 Å². The monoisotopic (exact) mass is 445 g/mol. The average molecular weight is 446 g/mol. The summed E-state index contributed by atoms with van der Waals surface area (Å²) < 4.78 is 7.69. The fourth-order valence-electron chi connectivity index (χ4n) is 4.94. The number of aliphatic hydroxyl groups excluding tert-OH is 1. The van der Waals surface area contributed by atoms with Crippen molar-refractivity contribution in [2.45, 2.75) is 44.9 Å². The molecule has 0 bridgehead atoms. The maximum atomic E-state index is 12.5. The predicted molar refractivity (Wildman–Crippen MR) is 132 cm³/mol. The Balaban J connectivity index is 1.23. The quantitative estimate of drug-likeness (QED) is 0.454. The number of nitrogens with zero attached hydrogens (tertiary/aromatic N) is 2. The maximum Gasteiger partial charge on any atom is 0.326 e. The summed E-state index contributed by atoms with van der Waals surface area (Å²) in [5.74, 6) is 0.864. The van der Waals surface area contributed by atoms with Crippen molar-refractivity contribution < 1.29 is 9.84 Å². The molecule has 1 aromatic heterocycles. The first-order valence-corrected chi connectivity index (χ1v) is 11.8. The van der Waals surface area contributed by atoms with Crippen molar-refractivity contribution in [3.05, 3.63) is 76.7 Å². The summed E-state index contributed by atoms with van der Waals surface area (Å²) in [5.41, 5.74) is 2.75. The van der Waals surface area contributed by atoms with Crippen molar-refractivity contribution in [2.24, 2.45) is 0 Å². The number of aromatic nitrogens is 2. The number of piperidine rings is 1. The van der Waals surface area contributed by atoms with Crippen LogP contribution in [0.1, 0.15) is 44.4 Å². The van der Waals surface area contributed by atoms with Crippen LogP contribution in [0.4, 0.5) is 0 Å². The third kappa shape index (κ3) is 4.54. The molecule has 2 heterocycles. The van der Waals surface area contributed by atoms with Gasteiger partial charge in [0.1, 0.15) is 5.75 Å². The standard InChI is InChI=1S/C27H31N3O3/c1-18(2)33-23-10-9-19-15-21(8-7-20(19)16-23)26(31)17-29-13-11-22(12-14-29)30-25-6-4-3-5-24(25)28-27(30)32/h3-10,15-16,18,22,26,31H,11-14,17H2,1-2H3,(H,28,32). The van der Waals surface area contributed by atoms with Crippen LogP contribution in [0.2, 0.25) is 0 Å². The molecule has 1 unspecified atom stereocenters. The van der Waals surface area contributed by atoms with Gasteiger partial charge in [0.05, 0.1) is 23.2 Å². The van der Waals surface area contributed by atoms with E-state index in [-0.39, 0.29) is 17.8 Å². The van der Waals surface area contributed by atoms with Gasteiger partial charge in [-0.25, -0.2) is 4.79 Å². The number of imidazole rings is 1. The van der Waals surface area contributed by atoms with Crippen molar-refractivity contribution in [3.8, 4) is 5.75 Å². The van der Waals surface area contributed by atoms with Crippen LogP contribution in [0.25, 0.3) is 21.8 Å². The Morgan fingerprint density at radius 3 is 2.55 bits per heavy atom. The number of aromatic amines is 1. The molecule has 5 rings (SSSR count).